The highest BCUT2D eigenvalue weighted by molar-refractivity contribution is 4.67. The zero-order valence-electron chi connectivity index (χ0n) is 10.5. The summed E-state index contributed by atoms with van der Waals surface area (Å²) in [6.07, 6.45) is -0.164. The fourth-order valence-electron chi connectivity index (χ4n) is 1.35. The van der Waals surface area contributed by atoms with Gasteiger partial charge in [-0.25, -0.2) is 0 Å². The molecule has 0 heterocycles. The molecule has 16 heavy (non-hydrogen) atoms. The van der Waals surface area contributed by atoms with E-state index in [9.17, 15) is 5.11 Å². The lowest BCUT2D eigenvalue weighted by Crippen LogP contribution is -2.37. The number of nitrogens with one attached hydrogen (secondary N) is 1. The Hall–Kier alpha value is -0.200. The summed E-state index contributed by atoms with van der Waals surface area (Å²) in [6, 6.07) is 0.189. The second-order valence-corrected chi connectivity index (χ2v) is 4.12. The van der Waals surface area contributed by atoms with Crippen molar-refractivity contribution in [3.05, 3.63) is 0 Å². The van der Waals surface area contributed by atoms with Crippen molar-refractivity contribution >= 4 is 0 Å². The molecule has 3 unspecified atom stereocenters. The number of hydrogen-bond donors (Lipinski definition) is 3. The molecule has 0 fully saturated rings. The predicted molar refractivity (Wildman–Crippen MR) is 62.5 cm³/mol. The highest BCUT2D eigenvalue weighted by atomic mass is 16.5. The highest BCUT2D eigenvalue weighted by Crippen LogP contribution is 1.96. The molecule has 0 aliphatic rings. The van der Waals surface area contributed by atoms with Gasteiger partial charge in [-0.3, -0.25) is 0 Å². The van der Waals surface area contributed by atoms with E-state index in [1.165, 1.54) is 0 Å². The summed E-state index contributed by atoms with van der Waals surface area (Å²) in [7, 11) is 1.61. The molecule has 5 nitrogen and oxygen atoms in total. The summed E-state index contributed by atoms with van der Waals surface area (Å²) >= 11 is 0. The number of ether oxygens (including phenoxy) is 2. The SMILES string of the molecule is COCCOCC(O)CNC(C)CC(C)O. The third-order valence-electron chi connectivity index (χ3n) is 2.14. The van der Waals surface area contributed by atoms with E-state index in [1.807, 2.05) is 6.92 Å². The molecule has 0 spiro atoms. The Morgan fingerprint density at radius 1 is 1.19 bits per heavy atom. The van der Waals surface area contributed by atoms with Crippen LogP contribution < -0.4 is 5.32 Å². The van der Waals surface area contributed by atoms with Gasteiger partial charge < -0.3 is 25.0 Å². The zero-order chi connectivity index (χ0) is 12.4. The zero-order valence-corrected chi connectivity index (χ0v) is 10.5. The number of methoxy groups -OCH3 is 1. The monoisotopic (exact) mass is 235 g/mol. The van der Waals surface area contributed by atoms with Gasteiger partial charge in [0, 0.05) is 19.7 Å². The molecule has 0 rings (SSSR count). The van der Waals surface area contributed by atoms with Crippen LogP contribution in [0.5, 0.6) is 0 Å². The molecule has 0 saturated carbocycles. The van der Waals surface area contributed by atoms with E-state index in [4.69, 9.17) is 14.6 Å². The molecule has 0 saturated heterocycles. The first-order chi connectivity index (χ1) is 7.56. The van der Waals surface area contributed by atoms with Crippen LogP contribution in [0, 0.1) is 0 Å². The van der Waals surface area contributed by atoms with Gasteiger partial charge in [-0.1, -0.05) is 0 Å². The van der Waals surface area contributed by atoms with Gasteiger partial charge in [0.15, 0.2) is 0 Å². The van der Waals surface area contributed by atoms with Gasteiger partial charge in [-0.05, 0) is 20.3 Å². The van der Waals surface area contributed by atoms with E-state index < -0.39 is 6.10 Å². The van der Waals surface area contributed by atoms with Crippen LogP contribution in [0.1, 0.15) is 20.3 Å². The molecule has 0 aromatic rings. The lowest BCUT2D eigenvalue weighted by Gasteiger charge is -2.18. The Balaban J connectivity index is 3.38. The van der Waals surface area contributed by atoms with E-state index in [0.717, 1.165) is 0 Å². The molecule has 5 heteroatoms. The first-order valence-corrected chi connectivity index (χ1v) is 5.72. The summed E-state index contributed by atoms with van der Waals surface area (Å²) in [4.78, 5) is 0. The molecule has 0 bridgehead atoms. The summed E-state index contributed by atoms with van der Waals surface area (Å²) < 4.78 is 10.0. The molecular formula is C11H25NO4. The van der Waals surface area contributed by atoms with Crippen molar-refractivity contribution in [1.82, 2.24) is 5.32 Å². The third-order valence-corrected chi connectivity index (χ3v) is 2.14. The van der Waals surface area contributed by atoms with E-state index in [0.29, 0.717) is 32.8 Å². The van der Waals surface area contributed by atoms with Crippen molar-refractivity contribution in [3.8, 4) is 0 Å². The lowest BCUT2D eigenvalue weighted by molar-refractivity contribution is 0.0125. The third kappa shape index (κ3) is 10.3. The Morgan fingerprint density at radius 2 is 1.88 bits per heavy atom. The fraction of sp³-hybridized carbons (Fsp3) is 1.00. The van der Waals surface area contributed by atoms with Crippen molar-refractivity contribution in [2.45, 2.75) is 38.5 Å². The molecule has 98 valence electrons. The average molecular weight is 235 g/mol. The molecule has 0 radical (unpaired) electrons. The standard InChI is InChI=1S/C11H25NO4/c1-9(6-10(2)13)12-7-11(14)8-16-5-4-15-3/h9-14H,4-8H2,1-3H3. The van der Waals surface area contributed by atoms with Gasteiger partial charge in [0.05, 0.1) is 32.0 Å². The molecule has 0 aromatic carbocycles. The van der Waals surface area contributed by atoms with Gasteiger partial charge in [-0.2, -0.15) is 0 Å². The quantitative estimate of drug-likeness (QED) is 0.456. The Bertz CT molecular complexity index is 155. The lowest BCUT2D eigenvalue weighted by atomic mass is 10.1. The first kappa shape index (κ1) is 15.8. The van der Waals surface area contributed by atoms with Crippen LogP contribution in [0.15, 0.2) is 0 Å². The first-order valence-electron chi connectivity index (χ1n) is 5.72. The summed E-state index contributed by atoms with van der Waals surface area (Å²) in [6.45, 7) is 5.54. The Morgan fingerprint density at radius 3 is 2.44 bits per heavy atom. The molecule has 0 aliphatic heterocycles. The molecule has 3 atom stereocenters. The smallest absolute Gasteiger partial charge is 0.0897 e. The van der Waals surface area contributed by atoms with Gasteiger partial charge in [0.2, 0.25) is 0 Å². The number of aliphatic hydroxyl groups is 2. The van der Waals surface area contributed by atoms with Crippen molar-refractivity contribution in [3.63, 3.8) is 0 Å². The van der Waals surface area contributed by atoms with Crippen LogP contribution in [-0.4, -0.2) is 61.9 Å². The van der Waals surface area contributed by atoms with Crippen LogP contribution in [-0.2, 0) is 9.47 Å². The highest BCUT2D eigenvalue weighted by Gasteiger charge is 2.09. The van der Waals surface area contributed by atoms with Crippen molar-refractivity contribution in [2.24, 2.45) is 0 Å². The van der Waals surface area contributed by atoms with E-state index in [1.54, 1.807) is 14.0 Å². The Labute approximate surface area is 97.8 Å². The molecule has 0 aromatic heterocycles. The normalized spacial score (nSPS) is 17.1. The van der Waals surface area contributed by atoms with Gasteiger partial charge in [0.1, 0.15) is 0 Å². The van der Waals surface area contributed by atoms with Crippen LogP contribution in [0.3, 0.4) is 0 Å². The van der Waals surface area contributed by atoms with Crippen LogP contribution in [0.2, 0.25) is 0 Å². The van der Waals surface area contributed by atoms with Crippen molar-refractivity contribution < 1.29 is 19.7 Å². The molecular weight excluding hydrogens is 210 g/mol. The average Bonchev–Trinajstić information content (AvgIpc) is 2.20. The second-order valence-electron chi connectivity index (χ2n) is 4.12. The van der Waals surface area contributed by atoms with Crippen molar-refractivity contribution in [1.29, 1.82) is 0 Å². The maximum absolute atomic E-state index is 9.54. The Kier molecular flexibility index (Phi) is 9.86. The van der Waals surface area contributed by atoms with Crippen LogP contribution in [0.4, 0.5) is 0 Å². The summed E-state index contributed by atoms with van der Waals surface area (Å²) in [5, 5.41) is 21.8. The van der Waals surface area contributed by atoms with Gasteiger partial charge in [0.25, 0.3) is 0 Å². The summed E-state index contributed by atoms with van der Waals surface area (Å²) in [5.41, 5.74) is 0. The molecule has 0 aliphatic carbocycles. The topological polar surface area (TPSA) is 71.0 Å². The summed E-state index contributed by atoms with van der Waals surface area (Å²) in [5.74, 6) is 0. The van der Waals surface area contributed by atoms with Crippen LogP contribution >= 0.6 is 0 Å². The van der Waals surface area contributed by atoms with Crippen LogP contribution in [0.25, 0.3) is 0 Å². The van der Waals surface area contributed by atoms with Crippen molar-refractivity contribution in [2.75, 3.05) is 33.5 Å². The second kappa shape index (κ2) is 9.99. The molecule has 0 amide bonds. The minimum absolute atomic E-state index is 0.189. The number of rotatable bonds is 10. The van der Waals surface area contributed by atoms with E-state index >= 15 is 0 Å². The minimum atomic E-state index is -0.520. The fourth-order valence-corrected chi connectivity index (χ4v) is 1.35. The van der Waals surface area contributed by atoms with Gasteiger partial charge in [-0.15, -0.1) is 0 Å². The largest absolute Gasteiger partial charge is 0.393 e. The number of hydrogen-bond acceptors (Lipinski definition) is 5. The maximum atomic E-state index is 9.54. The molecule has 3 N–H and O–H groups in total. The van der Waals surface area contributed by atoms with E-state index in [-0.39, 0.29) is 12.1 Å². The van der Waals surface area contributed by atoms with Gasteiger partial charge >= 0.3 is 0 Å². The van der Waals surface area contributed by atoms with E-state index in [2.05, 4.69) is 5.32 Å². The number of aliphatic hydroxyl groups excluding tert-OH is 2. The minimum Gasteiger partial charge on any atom is -0.393 e. The predicted octanol–water partition coefficient (Wildman–Crippen LogP) is -0.241. The maximum Gasteiger partial charge on any atom is 0.0897 e.